The maximum atomic E-state index is 12.3. The Hall–Kier alpha value is -3.10. The van der Waals surface area contributed by atoms with E-state index in [4.69, 9.17) is 26.4 Å². The van der Waals surface area contributed by atoms with Gasteiger partial charge in [-0.25, -0.2) is 4.68 Å². The van der Waals surface area contributed by atoms with E-state index in [-0.39, 0.29) is 18.6 Å². The van der Waals surface area contributed by atoms with Gasteiger partial charge in [-0.1, -0.05) is 40.6 Å². The Morgan fingerprint density at radius 1 is 1.12 bits per heavy atom. The van der Waals surface area contributed by atoms with Gasteiger partial charge in [0.1, 0.15) is 5.75 Å². The fourth-order valence-corrected chi connectivity index (χ4v) is 5.25. The van der Waals surface area contributed by atoms with E-state index >= 15 is 0 Å². The van der Waals surface area contributed by atoms with Gasteiger partial charge in [0.15, 0.2) is 17.4 Å². The summed E-state index contributed by atoms with van der Waals surface area (Å²) in [6, 6.07) is 15.5. The SMILES string of the molecule is Cc1ccc(-n2nc(C)c3sc(N4CCC(NC(=O)COc5ccc(Cl)cc5)CC4)nc32)cc1. The van der Waals surface area contributed by atoms with Crippen LogP contribution in [0.2, 0.25) is 5.02 Å². The monoisotopic (exact) mass is 495 g/mol. The van der Waals surface area contributed by atoms with E-state index in [9.17, 15) is 4.79 Å². The van der Waals surface area contributed by atoms with Crippen molar-refractivity contribution < 1.29 is 9.53 Å². The molecule has 0 radical (unpaired) electrons. The molecule has 0 unspecified atom stereocenters. The number of carbonyl (C=O) groups excluding carboxylic acids is 1. The first-order chi connectivity index (χ1) is 16.5. The molecule has 34 heavy (non-hydrogen) atoms. The van der Waals surface area contributed by atoms with Gasteiger partial charge in [0, 0.05) is 24.2 Å². The number of piperidine rings is 1. The van der Waals surface area contributed by atoms with Crippen molar-refractivity contribution in [1.29, 1.82) is 0 Å². The molecule has 1 aliphatic rings. The average molecular weight is 496 g/mol. The zero-order valence-corrected chi connectivity index (χ0v) is 20.7. The largest absolute Gasteiger partial charge is 0.484 e. The van der Waals surface area contributed by atoms with E-state index in [1.54, 1.807) is 35.6 Å². The van der Waals surface area contributed by atoms with Gasteiger partial charge in [-0.05, 0) is 63.1 Å². The molecule has 1 N–H and O–H groups in total. The molecular formula is C25H26ClN5O2S. The highest BCUT2D eigenvalue weighted by atomic mass is 35.5. The van der Waals surface area contributed by atoms with Crippen LogP contribution in [0.25, 0.3) is 16.0 Å². The Labute approximate surface area is 207 Å². The maximum absolute atomic E-state index is 12.3. The van der Waals surface area contributed by atoms with Crippen LogP contribution < -0.4 is 15.0 Å². The number of halogens is 1. The van der Waals surface area contributed by atoms with E-state index < -0.39 is 0 Å². The first kappa shape index (κ1) is 22.7. The summed E-state index contributed by atoms with van der Waals surface area (Å²) in [6.07, 6.45) is 1.73. The number of nitrogens with one attached hydrogen (secondary N) is 1. The summed E-state index contributed by atoms with van der Waals surface area (Å²) in [4.78, 5) is 19.6. The molecule has 176 valence electrons. The highest BCUT2D eigenvalue weighted by molar-refractivity contribution is 7.22. The molecule has 7 nitrogen and oxygen atoms in total. The Balaban J connectivity index is 1.19. The number of hydrogen-bond donors (Lipinski definition) is 1. The fraction of sp³-hybridized carbons (Fsp3) is 0.320. The quantitative estimate of drug-likeness (QED) is 0.411. The number of fused-ring (bicyclic) bond motifs is 1. The van der Waals surface area contributed by atoms with Gasteiger partial charge in [-0.15, -0.1) is 0 Å². The van der Waals surface area contributed by atoms with Gasteiger partial charge in [0.05, 0.1) is 16.1 Å². The van der Waals surface area contributed by atoms with E-state index in [2.05, 4.69) is 41.4 Å². The minimum absolute atomic E-state index is 0.00545. The molecule has 0 aliphatic carbocycles. The third kappa shape index (κ3) is 4.88. The van der Waals surface area contributed by atoms with Crippen molar-refractivity contribution in [3.8, 4) is 11.4 Å². The van der Waals surface area contributed by atoms with Crippen LogP contribution in [-0.2, 0) is 4.79 Å². The number of nitrogens with zero attached hydrogens (tertiary/aromatic N) is 4. The number of anilines is 1. The van der Waals surface area contributed by atoms with Gasteiger partial charge in [0.25, 0.3) is 5.91 Å². The maximum Gasteiger partial charge on any atom is 0.258 e. The molecule has 2 aromatic heterocycles. The normalized spacial score (nSPS) is 14.5. The minimum Gasteiger partial charge on any atom is -0.484 e. The lowest BCUT2D eigenvalue weighted by Gasteiger charge is -2.32. The van der Waals surface area contributed by atoms with Gasteiger partial charge in [-0.2, -0.15) is 10.1 Å². The molecule has 3 heterocycles. The second-order valence-corrected chi connectivity index (χ2v) is 9.97. The first-order valence-corrected chi connectivity index (χ1v) is 12.5. The molecule has 0 saturated carbocycles. The highest BCUT2D eigenvalue weighted by Crippen LogP contribution is 2.33. The molecular weight excluding hydrogens is 470 g/mol. The van der Waals surface area contributed by atoms with Crippen molar-refractivity contribution in [2.45, 2.75) is 32.7 Å². The number of hydrogen-bond acceptors (Lipinski definition) is 6. The molecule has 2 aromatic carbocycles. The molecule has 5 rings (SSSR count). The summed E-state index contributed by atoms with van der Waals surface area (Å²) in [5.41, 5.74) is 4.12. The lowest BCUT2D eigenvalue weighted by atomic mass is 10.1. The topological polar surface area (TPSA) is 72.3 Å². The zero-order valence-electron chi connectivity index (χ0n) is 19.1. The number of benzene rings is 2. The molecule has 1 saturated heterocycles. The van der Waals surface area contributed by atoms with Crippen molar-refractivity contribution in [2.24, 2.45) is 0 Å². The zero-order chi connectivity index (χ0) is 23.7. The number of carbonyl (C=O) groups is 1. The van der Waals surface area contributed by atoms with Crippen LogP contribution in [0.3, 0.4) is 0 Å². The number of ether oxygens (including phenoxy) is 1. The number of aromatic nitrogens is 3. The second-order valence-electron chi connectivity index (χ2n) is 8.55. The molecule has 0 atom stereocenters. The molecule has 9 heteroatoms. The number of amides is 1. The summed E-state index contributed by atoms with van der Waals surface area (Å²) in [5.74, 6) is 0.520. The van der Waals surface area contributed by atoms with Gasteiger partial charge in [-0.3, -0.25) is 4.79 Å². The molecule has 1 amide bonds. The Morgan fingerprint density at radius 3 is 2.53 bits per heavy atom. The molecule has 0 spiro atoms. The minimum atomic E-state index is -0.109. The number of aryl methyl sites for hydroxylation is 2. The number of rotatable bonds is 6. The van der Waals surface area contributed by atoms with Crippen LogP contribution in [0.1, 0.15) is 24.1 Å². The number of thiazole rings is 1. The summed E-state index contributed by atoms with van der Waals surface area (Å²) in [6.45, 7) is 5.79. The smallest absolute Gasteiger partial charge is 0.258 e. The van der Waals surface area contributed by atoms with Crippen molar-refractivity contribution in [3.63, 3.8) is 0 Å². The summed E-state index contributed by atoms with van der Waals surface area (Å²) < 4.78 is 8.59. The Kier molecular flexibility index (Phi) is 6.43. The van der Waals surface area contributed by atoms with Crippen LogP contribution in [0.4, 0.5) is 5.13 Å². The Morgan fingerprint density at radius 2 is 1.82 bits per heavy atom. The predicted octanol–water partition coefficient (Wildman–Crippen LogP) is 4.92. The van der Waals surface area contributed by atoms with Crippen molar-refractivity contribution in [2.75, 3.05) is 24.6 Å². The summed E-state index contributed by atoms with van der Waals surface area (Å²) >= 11 is 7.56. The fourth-order valence-electron chi connectivity index (χ4n) is 4.09. The van der Waals surface area contributed by atoms with Crippen LogP contribution in [-0.4, -0.2) is 46.4 Å². The lowest BCUT2D eigenvalue weighted by molar-refractivity contribution is -0.123. The third-order valence-electron chi connectivity index (χ3n) is 5.97. The second kappa shape index (κ2) is 9.64. The lowest BCUT2D eigenvalue weighted by Crippen LogP contribution is -2.46. The molecule has 0 bridgehead atoms. The van der Waals surface area contributed by atoms with E-state index in [0.717, 1.165) is 52.8 Å². The van der Waals surface area contributed by atoms with Crippen LogP contribution in [0.5, 0.6) is 5.75 Å². The molecule has 1 fully saturated rings. The van der Waals surface area contributed by atoms with Crippen molar-refractivity contribution >= 4 is 44.3 Å². The standard InChI is InChI=1S/C25H26ClN5O2S/c1-16-3-7-20(8-4-16)31-24-23(17(2)29-31)34-25(28-24)30-13-11-19(12-14-30)27-22(32)15-33-21-9-5-18(26)6-10-21/h3-10,19H,11-15H2,1-2H3,(H,27,32). The predicted molar refractivity (Wildman–Crippen MR) is 137 cm³/mol. The van der Waals surface area contributed by atoms with E-state index in [1.165, 1.54) is 5.56 Å². The third-order valence-corrected chi connectivity index (χ3v) is 7.44. The molecule has 1 aliphatic heterocycles. The van der Waals surface area contributed by atoms with Gasteiger partial charge in [0.2, 0.25) is 0 Å². The summed E-state index contributed by atoms with van der Waals surface area (Å²) in [7, 11) is 0. The van der Waals surface area contributed by atoms with Crippen LogP contribution in [0.15, 0.2) is 48.5 Å². The van der Waals surface area contributed by atoms with Crippen LogP contribution in [0, 0.1) is 13.8 Å². The highest BCUT2D eigenvalue weighted by Gasteiger charge is 2.24. The van der Waals surface area contributed by atoms with Crippen molar-refractivity contribution in [3.05, 3.63) is 64.8 Å². The first-order valence-electron chi connectivity index (χ1n) is 11.3. The van der Waals surface area contributed by atoms with E-state index in [1.807, 2.05) is 11.6 Å². The Bertz CT molecular complexity index is 1290. The summed E-state index contributed by atoms with van der Waals surface area (Å²) in [5, 5.41) is 9.44. The van der Waals surface area contributed by atoms with Crippen molar-refractivity contribution in [1.82, 2.24) is 20.1 Å². The molecule has 4 aromatic rings. The van der Waals surface area contributed by atoms with E-state index in [0.29, 0.717) is 10.8 Å². The average Bonchev–Trinajstić information content (AvgIpc) is 3.40. The van der Waals surface area contributed by atoms with Gasteiger partial charge >= 0.3 is 0 Å². The van der Waals surface area contributed by atoms with Gasteiger partial charge < -0.3 is 15.0 Å². The van der Waals surface area contributed by atoms with Crippen LogP contribution >= 0.6 is 22.9 Å².